The van der Waals surface area contributed by atoms with Gasteiger partial charge in [0.15, 0.2) is 0 Å². The largest absolute Gasteiger partial charge is 0.497 e. The fourth-order valence-corrected chi connectivity index (χ4v) is 2.71. The third-order valence-corrected chi connectivity index (χ3v) is 3.79. The molecule has 3 rings (SSSR count). The number of hydrogen-bond donors (Lipinski definition) is 1. The van der Waals surface area contributed by atoms with Crippen LogP contribution in [0.1, 0.15) is 22.3 Å². The summed E-state index contributed by atoms with van der Waals surface area (Å²) >= 11 is 0. The number of nitrogens with zero attached hydrogens (tertiary/aromatic N) is 1. The normalized spacial score (nSPS) is 13.7. The number of nitrogens with two attached hydrogens (primary N) is 1. The molecule has 0 aromatic heterocycles. The van der Waals surface area contributed by atoms with E-state index < -0.39 is 0 Å². The van der Waals surface area contributed by atoms with Crippen LogP contribution in [0.15, 0.2) is 42.5 Å². The number of amides is 1. The van der Waals surface area contributed by atoms with Crippen molar-refractivity contribution >= 4 is 17.3 Å². The highest BCUT2D eigenvalue weighted by atomic mass is 16.5. The Hall–Kier alpha value is -2.49. The summed E-state index contributed by atoms with van der Waals surface area (Å²) < 4.78 is 5.19. The summed E-state index contributed by atoms with van der Waals surface area (Å²) in [7, 11) is 1.60. The van der Waals surface area contributed by atoms with Crippen LogP contribution in [0.2, 0.25) is 0 Å². The molecule has 0 bridgehead atoms. The minimum Gasteiger partial charge on any atom is -0.497 e. The molecule has 1 aliphatic heterocycles. The van der Waals surface area contributed by atoms with Gasteiger partial charge in [-0.05, 0) is 48.7 Å². The maximum Gasteiger partial charge on any atom is 0.258 e. The second-order valence-corrected chi connectivity index (χ2v) is 5.18. The van der Waals surface area contributed by atoms with E-state index in [1.54, 1.807) is 13.2 Å². The van der Waals surface area contributed by atoms with Gasteiger partial charge in [0, 0.05) is 23.5 Å². The van der Waals surface area contributed by atoms with E-state index in [9.17, 15) is 4.79 Å². The molecule has 0 fully saturated rings. The minimum absolute atomic E-state index is 0.0135. The number of anilines is 2. The lowest BCUT2D eigenvalue weighted by Crippen LogP contribution is -2.35. The lowest BCUT2D eigenvalue weighted by molar-refractivity contribution is 0.0985. The van der Waals surface area contributed by atoms with E-state index >= 15 is 0 Å². The average molecular weight is 282 g/mol. The molecule has 0 saturated carbocycles. The molecule has 21 heavy (non-hydrogen) atoms. The molecule has 2 aromatic carbocycles. The fraction of sp³-hybridized carbons (Fsp3) is 0.235. The van der Waals surface area contributed by atoms with Crippen LogP contribution in [0.5, 0.6) is 5.75 Å². The van der Waals surface area contributed by atoms with Crippen molar-refractivity contribution in [3.05, 3.63) is 53.6 Å². The third kappa shape index (κ3) is 2.57. The van der Waals surface area contributed by atoms with Gasteiger partial charge < -0.3 is 15.4 Å². The number of methoxy groups -OCH3 is 1. The second-order valence-electron chi connectivity index (χ2n) is 5.18. The minimum atomic E-state index is -0.0135. The van der Waals surface area contributed by atoms with E-state index in [-0.39, 0.29) is 5.91 Å². The van der Waals surface area contributed by atoms with Crippen LogP contribution in [0.3, 0.4) is 0 Å². The zero-order valence-electron chi connectivity index (χ0n) is 12.0. The molecule has 4 nitrogen and oxygen atoms in total. The molecule has 108 valence electrons. The summed E-state index contributed by atoms with van der Waals surface area (Å²) in [6.07, 6.45) is 1.95. The Balaban J connectivity index is 1.97. The Morgan fingerprint density at radius 1 is 1.24 bits per heavy atom. The third-order valence-electron chi connectivity index (χ3n) is 3.79. The maximum absolute atomic E-state index is 12.8. The highest BCUT2D eigenvalue weighted by Gasteiger charge is 2.23. The summed E-state index contributed by atoms with van der Waals surface area (Å²) in [6, 6.07) is 13.0. The predicted octanol–water partition coefficient (Wildman–Crippen LogP) is 2.87. The molecule has 0 spiro atoms. The standard InChI is InChI=1S/C17H18N2O2/c1-21-15-6-2-4-13(10-15)17(20)19-9-3-5-12-7-8-14(18)11-16(12)19/h2,4,6-8,10-11H,3,5,9,18H2,1H3. The first kappa shape index (κ1) is 13.5. The van der Waals surface area contributed by atoms with Crippen LogP contribution in [0, 0.1) is 0 Å². The van der Waals surface area contributed by atoms with Crippen molar-refractivity contribution in [3.63, 3.8) is 0 Å². The van der Waals surface area contributed by atoms with Crippen LogP contribution < -0.4 is 15.4 Å². The van der Waals surface area contributed by atoms with Crippen LogP contribution >= 0.6 is 0 Å². The van der Waals surface area contributed by atoms with Gasteiger partial charge in [0.1, 0.15) is 5.75 Å². The average Bonchev–Trinajstić information content (AvgIpc) is 2.53. The highest BCUT2D eigenvalue weighted by Crippen LogP contribution is 2.30. The van der Waals surface area contributed by atoms with Crippen LogP contribution in [0.4, 0.5) is 11.4 Å². The van der Waals surface area contributed by atoms with E-state index in [4.69, 9.17) is 10.5 Å². The second kappa shape index (κ2) is 5.48. The smallest absolute Gasteiger partial charge is 0.258 e. The summed E-state index contributed by atoms with van der Waals surface area (Å²) in [5.41, 5.74) is 9.28. The highest BCUT2D eigenvalue weighted by molar-refractivity contribution is 6.07. The maximum atomic E-state index is 12.8. The number of hydrogen-bond acceptors (Lipinski definition) is 3. The Bertz CT molecular complexity index is 682. The number of benzene rings is 2. The van der Waals surface area contributed by atoms with E-state index in [0.29, 0.717) is 23.5 Å². The lowest BCUT2D eigenvalue weighted by Gasteiger charge is -2.30. The van der Waals surface area contributed by atoms with Gasteiger partial charge in [0.05, 0.1) is 7.11 Å². The number of nitrogen functional groups attached to an aromatic ring is 1. The van der Waals surface area contributed by atoms with Crippen molar-refractivity contribution in [1.82, 2.24) is 0 Å². The molecule has 0 radical (unpaired) electrons. The Kier molecular flexibility index (Phi) is 3.52. The molecule has 2 aromatic rings. The van der Waals surface area contributed by atoms with Gasteiger partial charge in [-0.15, -0.1) is 0 Å². The van der Waals surface area contributed by atoms with Crippen LogP contribution in [-0.2, 0) is 6.42 Å². The zero-order valence-corrected chi connectivity index (χ0v) is 12.0. The van der Waals surface area contributed by atoms with Gasteiger partial charge in [-0.1, -0.05) is 12.1 Å². The first-order valence-corrected chi connectivity index (χ1v) is 7.03. The van der Waals surface area contributed by atoms with Crippen LogP contribution in [-0.4, -0.2) is 19.6 Å². The van der Waals surface area contributed by atoms with Gasteiger partial charge in [0.2, 0.25) is 0 Å². The first-order valence-electron chi connectivity index (χ1n) is 7.03. The van der Waals surface area contributed by atoms with Crippen molar-refractivity contribution in [3.8, 4) is 5.75 Å². The van der Waals surface area contributed by atoms with Gasteiger partial charge in [-0.25, -0.2) is 0 Å². The van der Waals surface area contributed by atoms with Gasteiger partial charge in [-0.2, -0.15) is 0 Å². The molecule has 1 heterocycles. The van der Waals surface area contributed by atoms with Crippen molar-refractivity contribution in [2.75, 3.05) is 24.3 Å². The quantitative estimate of drug-likeness (QED) is 0.862. The Morgan fingerprint density at radius 2 is 2.10 bits per heavy atom. The fourth-order valence-electron chi connectivity index (χ4n) is 2.71. The number of aryl methyl sites for hydroxylation is 1. The monoisotopic (exact) mass is 282 g/mol. The van der Waals surface area contributed by atoms with Gasteiger partial charge >= 0.3 is 0 Å². The molecule has 1 amide bonds. The predicted molar refractivity (Wildman–Crippen MR) is 83.8 cm³/mol. The summed E-state index contributed by atoms with van der Waals surface area (Å²) in [5, 5.41) is 0. The molecule has 1 aliphatic rings. The topological polar surface area (TPSA) is 55.6 Å². The number of ether oxygens (including phenoxy) is 1. The number of carbonyl (C=O) groups excluding carboxylic acids is 1. The first-order chi connectivity index (χ1) is 10.2. The van der Waals surface area contributed by atoms with Gasteiger partial charge in [-0.3, -0.25) is 4.79 Å². The van der Waals surface area contributed by atoms with Gasteiger partial charge in [0.25, 0.3) is 5.91 Å². The molecule has 0 aliphatic carbocycles. The molecular formula is C17H18N2O2. The van der Waals surface area contributed by atoms with Crippen molar-refractivity contribution in [2.24, 2.45) is 0 Å². The van der Waals surface area contributed by atoms with Crippen molar-refractivity contribution in [2.45, 2.75) is 12.8 Å². The number of rotatable bonds is 2. The summed E-state index contributed by atoms with van der Waals surface area (Å²) in [5.74, 6) is 0.672. The van der Waals surface area contributed by atoms with E-state index in [1.807, 2.05) is 41.3 Å². The molecular weight excluding hydrogens is 264 g/mol. The molecule has 0 atom stereocenters. The molecule has 0 unspecified atom stereocenters. The van der Waals surface area contributed by atoms with Crippen molar-refractivity contribution < 1.29 is 9.53 Å². The molecule has 0 saturated heterocycles. The SMILES string of the molecule is COc1cccc(C(=O)N2CCCc3ccc(N)cc32)c1. The number of carbonyl (C=O) groups is 1. The number of fused-ring (bicyclic) bond motifs is 1. The Labute approximate surface area is 124 Å². The zero-order chi connectivity index (χ0) is 14.8. The van der Waals surface area contributed by atoms with Crippen LogP contribution in [0.25, 0.3) is 0 Å². The van der Waals surface area contributed by atoms with Crippen molar-refractivity contribution in [1.29, 1.82) is 0 Å². The summed E-state index contributed by atoms with van der Waals surface area (Å²) in [4.78, 5) is 14.6. The Morgan fingerprint density at radius 3 is 2.90 bits per heavy atom. The summed E-state index contributed by atoms with van der Waals surface area (Å²) in [6.45, 7) is 0.715. The van der Waals surface area contributed by atoms with E-state index in [2.05, 4.69) is 0 Å². The molecule has 2 N–H and O–H groups in total. The molecule has 4 heteroatoms. The van der Waals surface area contributed by atoms with E-state index in [0.717, 1.165) is 18.5 Å². The lowest BCUT2D eigenvalue weighted by atomic mass is 10.00. The van der Waals surface area contributed by atoms with E-state index in [1.165, 1.54) is 5.56 Å².